The maximum absolute atomic E-state index is 6.31. The molecule has 0 aliphatic carbocycles. The van der Waals surface area contributed by atoms with E-state index in [-0.39, 0.29) is 0 Å². The number of aryl methyl sites for hydroxylation is 1. The van der Waals surface area contributed by atoms with Crippen LogP contribution in [-0.4, -0.2) is 31.3 Å². The molecule has 0 spiro atoms. The van der Waals surface area contributed by atoms with Gasteiger partial charge < -0.3 is 15.4 Å². The second kappa shape index (κ2) is 7.09. The molecule has 2 N–H and O–H groups in total. The summed E-state index contributed by atoms with van der Waals surface area (Å²) in [6.07, 6.45) is 2.18. The number of hydrogen-bond donors (Lipinski definition) is 1. The Balaban J connectivity index is 2.44. The van der Waals surface area contributed by atoms with E-state index in [2.05, 4.69) is 35.9 Å². The molecule has 21 heavy (non-hydrogen) atoms. The third kappa shape index (κ3) is 3.47. The minimum absolute atomic E-state index is 0.472. The fourth-order valence-corrected chi connectivity index (χ4v) is 3.62. The van der Waals surface area contributed by atoms with Gasteiger partial charge in [0.05, 0.1) is 33.2 Å². The lowest BCUT2D eigenvalue weighted by molar-refractivity contribution is 0.202. The van der Waals surface area contributed by atoms with Crippen LogP contribution in [0.5, 0.6) is 0 Å². The lowest BCUT2D eigenvalue weighted by Gasteiger charge is -2.33. The van der Waals surface area contributed by atoms with Gasteiger partial charge in [0.1, 0.15) is 0 Å². The second-order valence-corrected chi connectivity index (χ2v) is 6.50. The summed E-state index contributed by atoms with van der Waals surface area (Å²) < 4.78 is 6.43. The number of methoxy groups -OCH3 is 1. The van der Waals surface area contributed by atoms with Gasteiger partial charge in [0.25, 0.3) is 0 Å². The summed E-state index contributed by atoms with van der Waals surface area (Å²) in [5, 5.41) is 1.08. The third-order valence-electron chi connectivity index (χ3n) is 3.87. The molecule has 4 nitrogen and oxygen atoms in total. The summed E-state index contributed by atoms with van der Waals surface area (Å²) in [6, 6.07) is 4.65. The Kier molecular flexibility index (Phi) is 5.42. The van der Waals surface area contributed by atoms with Gasteiger partial charge in [0, 0.05) is 19.7 Å². The van der Waals surface area contributed by atoms with E-state index in [1.54, 1.807) is 18.4 Å². The van der Waals surface area contributed by atoms with E-state index in [1.807, 2.05) is 6.92 Å². The highest BCUT2D eigenvalue weighted by Crippen LogP contribution is 2.33. The summed E-state index contributed by atoms with van der Waals surface area (Å²) in [5.74, 6) is 0. The van der Waals surface area contributed by atoms with Crippen molar-refractivity contribution < 1.29 is 4.74 Å². The van der Waals surface area contributed by atoms with Crippen molar-refractivity contribution in [2.24, 2.45) is 0 Å². The van der Waals surface area contributed by atoms with Crippen LogP contribution in [-0.2, 0) is 4.74 Å². The summed E-state index contributed by atoms with van der Waals surface area (Å²) >= 11 is 1.69. The van der Waals surface area contributed by atoms with Crippen LogP contribution in [0.15, 0.2) is 12.1 Å². The van der Waals surface area contributed by atoms with Crippen molar-refractivity contribution in [2.45, 2.75) is 39.7 Å². The molecule has 0 bridgehead atoms. The highest BCUT2D eigenvalue weighted by molar-refractivity contribution is 7.18. The third-order valence-corrected chi connectivity index (χ3v) is 4.81. The van der Waals surface area contributed by atoms with Crippen molar-refractivity contribution in [3.8, 4) is 0 Å². The van der Waals surface area contributed by atoms with E-state index >= 15 is 0 Å². The van der Waals surface area contributed by atoms with Gasteiger partial charge in [0.15, 0.2) is 0 Å². The standard InChI is InChI=1S/C16H25N3OS/c1-5-12(6-2)19(7-8-20-4)15-10-14-16(9-13(15)17)21-11(3)18-14/h9-10,12H,5-8,17H2,1-4H3. The first-order valence-electron chi connectivity index (χ1n) is 7.52. The van der Waals surface area contributed by atoms with E-state index in [1.165, 1.54) is 0 Å². The molecule has 116 valence electrons. The molecule has 2 aromatic rings. The Morgan fingerprint density at radius 2 is 2.05 bits per heavy atom. The Bertz CT molecular complexity index is 592. The molecule has 0 saturated heterocycles. The van der Waals surface area contributed by atoms with Crippen LogP contribution in [0.4, 0.5) is 11.4 Å². The van der Waals surface area contributed by atoms with E-state index in [0.717, 1.165) is 46.0 Å². The molecule has 2 rings (SSSR count). The molecular weight excluding hydrogens is 282 g/mol. The molecule has 0 radical (unpaired) electrons. The second-order valence-electron chi connectivity index (χ2n) is 5.27. The Labute approximate surface area is 130 Å². The number of anilines is 2. The Morgan fingerprint density at radius 3 is 2.67 bits per heavy atom. The van der Waals surface area contributed by atoms with Crippen molar-refractivity contribution in [1.29, 1.82) is 0 Å². The number of nitrogens with two attached hydrogens (primary N) is 1. The molecule has 0 atom stereocenters. The van der Waals surface area contributed by atoms with Crippen molar-refractivity contribution in [2.75, 3.05) is 30.9 Å². The van der Waals surface area contributed by atoms with E-state index in [9.17, 15) is 0 Å². The minimum Gasteiger partial charge on any atom is -0.397 e. The number of fused-ring (bicyclic) bond motifs is 1. The van der Waals surface area contributed by atoms with Gasteiger partial charge in [-0.25, -0.2) is 4.98 Å². The predicted octanol–water partition coefficient (Wildman–Crippen LogP) is 3.83. The van der Waals surface area contributed by atoms with Gasteiger partial charge in [-0.15, -0.1) is 11.3 Å². The molecule has 0 aliphatic rings. The largest absolute Gasteiger partial charge is 0.397 e. The zero-order valence-corrected chi connectivity index (χ0v) is 14.2. The van der Waals surface area contributed by atoms with E-state index < -0.39 is 0 Å². The van der Waals surface area contributed by atoms with Crippen LogP contribution in [0.1, 0.15) is 31.7 Å². The molecule has 0 aliphatic heterocycles. The van der Waals surface area contributed by atoms with Gasteiger partial charge in [-0.2, -0.15) is 0 Å². The first-order valence-corrected chi connectivity index (χ1v) is 8.34. The van der Waals surface area contributed by atoms with Gasteiger partial charge in [-0.05, 0) is 31.9 Å². The molecule has 0 fully saturated rings. The van der Waals surface area contributed by atoms with Crippen molar-refractivity contribution in [3.63, 3.8) is 0 Å². The van der Waals surface area contributed by atoms with Gasteiger partial charge >= 0.3 is 0 Å². The Hall–Kier alpha value is -1.33. The number of benzene rings is 1. The average molecular weight is 307 g/mol. The van der Waals surface area contributed by atoms with Crippen LogP contribution in [0.3, 0.4) is 0 Å². The van der Waals surface area contributed by atoms with Crippen LogP contribution in [0, 0.1) is 6.92 Å². The lowest BCUT2D eigenvalue weighted by atomic mass is 10.1. The number of thiazole rings is 1. The molecule has 0 saturated carbocycles. The fourth-order valence-electron chi connectivity index (χ4n) is 2.76. The number of nitrogen functional groups attached to an aromatic ring is 1. The molecule has 1 aromatic carbocycles. The van der Waals surface area contributed by atoms with Crippen molar-refractivity contribution in [1.82, 2.24) is 4.98 Å². The number of hydrogen-bond acceptors (Lipinski definition) is 5. The molecule has 1 heterocycles. The van der Waals surface area contributed by atoms with Gasteiger partial charge in [-0.3, -0.25) is 0 Å². The van der Waals surface area contributed by atoms with Gasteiger partial charge in [0.2, 0.25) is 0 Å². The first kappa shape index (κ1) is 16.0. The Morgan fingerprint density at radius 1 is 1.33 bits per heavy atom. The quantitative estimate of drug-likeness (QED) is 0.790. The fraction of sp³-hybridized carbons (Fsp3) is 0.562. The molecule has 0 amide bonds. The lowest BCUT2D eigenvalue weighted by Crippen LogP contribution is -2.37. The normalized spacial score (nSPS) is 11.5. The van der Waals surface area contributed by atoms with E-state index in [4.69, 9.17) is 10.5 Å². The summed E-state index contributed by atoms with van der Waals surface area (Å²) in [4.78, 5) is 6.96. The smallest absolute Gasteiger partial charge is 0.0907 e. The SMILES string of the molecule is CCC(CC)N(CCOC)c1cc2nc(C)sc2cc1N. The van der Waals surface area contributed by atoms with Gasteiger partial charge in [-0.1, -0.05) is 13.8 Å². The van der Waals surface area contributed by atoms with Crippen LogP contribution < -0.4 is 10.6 Å². The number of aromatic nitrogens is 1. The summed E-state index contributed by atoms with van der Waals surface area (Å²) in [7, 11) is 1.74. The first-order chi connectivity index (χ1) is 10.1. The molecule has 0 unspecified atom stereocenters. The zero-order chi connectivity index (χ0) is 15.4. The van der Waals surface area contributed by atoms with Crippen molar-refractivity contribution in [3.05, 3.63) is 17.1 Å². The maximum Gasteiger partial charge on any atom is 0.0907 e. The highest BCUT2D eigenvalue weighted by Gasteiger charge is 2.19. The predicted molar refractivity (Wildman–Crippen MR) is 92.4 cm³/mol. The topological polar surface area (TPSA) is 51.4 Å². The number of rotatable bonds is 7. The molecule has 5 heteroatoms. The maximum atomic E-state index is 6.31. The number of ether oxygens (including phenoxy) is 1. The van der Waals surface area contributed by atoms with E-state index in [0.29, 0.717) is 12.6 Å². The minimum atomic E-state index is 0.472. The highest BCUT2D eigenvalue weighted by atomic mass is 32.1. The monoisotopic (exact) mass is 307 g/mol. The van der Waals surface area contributed by atoms with Crippen molar-refractivity contribution >= 4 is 32.9 Å². The summed E-state index contributed by atoms with van der Waals surface area (Å²) in [5.41, 5.74) is 9.26. The molecule has 1 aromatic heterocycles. The van der Waals surface area contributed by atoms with Crippen LogP contribution in [0.25, 0.3) is 10.2 Å². The van der Waals surface area contributed by atoms with Crippen LogP contribution in [0.2, 0.25) is 0 Å². The van der Waals surface area contributed by atoms with Crippen LogP contribution >= 0.6 is 11.3 Å². The molecular formula is C16H25N3OS. The number of nitrogens with zero attached hydrogens (tertiary/aromatic N) is 2. The zero-order valence-electron chi connectivity index (χ0n) is 13.3. The summed E-state index contributed by atoms with van der Waals surface area (Å²) in [6.45, 7) is 8.02. The average Bonchev–Trinajstić information content (AvgIpc) is 2.82.